The van der Waals surface area contributed by atoms with Gasteiger partial charge in [-0.1, -0.05) is 30.2 Å². The topological polar surface area (TPSA) is 23.8 Å². The summed E-state index contributed by atoms with van der Waals surface area (Å²) < 4.78 is 0. The maximum Gasteiger partial charge on any atom is 0.0624 e. The highest BCUT2D eigenvalue weighted by Gasteiger charge is 1.99. The van der Waals surface area contributed by atoms with Crippen LogP contribution >= 0.6 is 0 Å². The molecule has 0 spiro atoms. The van der Waals surface area contributed by atoms with Gasteiger partial charge in [0.05, 0.1) is 6.07 Å². The van der Waals surface area contributed by atoms with E-state index in [4.69, 9.17) is 5.26 Å². The lowest BCUT2D eigenvalue weighted by atomic mass is 10.0. The maximum absolute atomic E-state index is 8.54. The Morgan fingerprint density at radius 1 is 1.19 bits per heavy atom. The second-order valence-corrected chi connectivity index (χ2v) is 4.92. The van der Waals surface area contributed by atoms with Crippen molar-refractivity contribution in [1.29, 1.82) is 5.26 Å². The van der Waals surface area contributed by atoms with Crippen molar-refractivity contribution < 1.29 is 0 Å². The average Bonchev–Trinajstić information content (AvgIpc) is 2.17. The van der Waals surface area contributed by atoms with Crippen molar-refractivity contribution in [3.8, 4) is 6.07 Å². The van der Waals surface area contributed by atoms with Crippen LogP contribution in [0.4, 0.5) is 0 Å². The molecule has 0 saturated heterocycles. The molecule has 0 amide bonds. The van der Waals surface area contributed by atoms with Crippen molar-refractivity contribution >= 4 is 0 Å². The second-order valence-electron chi connectivity index (χ2n) is 4.92. The second kappa shape index (κ2) is 9.21. The first-order valence-electron chi connectivity index (χ1n) is 6.22. The Balaban J connectivity index is 3.71. The third-order valence-corrected chi connectivity index (χ3v) is 2.68. The third kappa shape index (κ3) is 9.52. The molecule has 1 atom stereocenters. The normalized spacial score (nSPS) is 13.1. The first kappa shape index (κ1) is 15.0. The Kier molecular flexibility index (Phi) is 8.62. The highest BCUT2D eigenvalue weighted by Crippen LogP contribution is 2.13. The van der Waals surface area contributed by atoms with E-state index >= 15 is 0 Å². The van der Waals surface area contributed by atoms with Crippen molar-refractivity contribution in [3.05, 3.63) is 23.3 Å². The van der Waals surface area contributed by atoms with Gasteiger partial charge in [-0.2, -0.15) is 5.26 Å². The van der Waals surface area contributed by atoms with E-state index in [1.165, 1.54) is 11.1 Å². The summed E-state index contributed by atoms with van der Waals surface area (Å²) in [4.78, 5) is 0. The van der Waals surface area contributed by atoms with Gasteiger partial charge in [0.15, 0.2) is 0 Å². The van der Waals surface area contributed by atoms with Gasteiger partial charge in [0.1, 0.15) is 0 Å². The summed E-state index contributed by atoms with van der Waals surface area (Å²) >= 11 is 0. The van der Waals surface area contributed by atoms with Crippen molar-refractivity contribution in [2.24, 2.45) is 5.92 Å². The monoisotopic (exact) mass is 219 g/mol. The molecule has 1 unspecified atom stereocenters. The summed E-state index contributed by atoms with van der Waals surface area (Å²) in [6.45, 7) is 8.63. The first-order chi connectivity index (χ1) is 7.56. The van der Waals surface area contributed by atoms with E-state index in [2.05, 4.69) is 45.9 Å². The molecule has 0 rings (SSSR count). The fourth-order valence-electron chi connectivity index (χ4n) is 1.56. The molecule has 0 aromatic heterocycles. The van der Waals surface area contributed by atoms with E-state index in [1.807, 2.05) is 0 Å². The van der Waals surface area contributed by atoms with Crippen molar-refractivity contribution in [3.63, 3.8) is 0 Å². The summed E-state index contributed by atoms with van der Waals surface area (Å²) in [6, 6.07) is 2.22. The molecule has 1 nitrogen and oxygen atoms in total. The van der Waals surface area contributed by atoms with Crippen molar-refractivity contribution in [1.82, 2.24) is 0 Å². The minimum Gasteiger partial charge on any atom is -0.198 e. The standard InChI is InChI=1S/C15H25N/c1-13(2)7-5-8-14(3)9-6-10-15(4)11-12-16/h7,9,15H,5-6,8,10-11H2,1-4H3/b14-9+. The Bertz CT molecular complexity index is 274. The minimum atomic E-state index is 0.534. The molecule has 0 saturated carbocycles. The molecular weight excluding hydrogens is 194 g/mol. The molecule has 0 radical (unpaired) electrons. The van der Waals surface area contributed by atoms with Crippen LogP contribution in [-0.4, -0.2) is 0 Å². The first-order valence-corrected chi connectivity index (χ1v) is 6.22. The molecule has 0 aliphatic carbocycles. The van der Waals surface area contributed by atoms with E-state index in [1.54, 1.807) is 0 Å². The molecule has 0 aromatic carbocycles. The average molecular weight is 219 g/mol. The molecule has 0 bridgehead atoms. The fourth-order valence-corrected chi connectivity index (χ4v) is 1.56. The van der Waals surface area contributed by atoms with Gasteiger partial charge in [-0.05, 0) is 52.4 Å². The minimum absolute atomic E-state index is 0.534. The highest BCUT2D eigenvalue weighted by molar-refractivity contribution is 5.02. The van der Waals surface area contributed by atoms with Crippen molar-refractivity contribution in [2.45, 2.75) is 59.8 Å². The number of nitrogens with zero attached hydrogens (tertiary/aromatic N) is 1. The molecule has 0 aliphatic heterocycles. The Hall–Kier alpha value is -1.03. The van der Waals surface area contributed by atoms with Gasteiger partial charge in [0.25, 0.3) is 0 Å². The van der Waals surface area contributed by atoms with Crippen LogP contribution in [0.5, 0.6) is 0 Å². The van der Waals surface area contributed by atoms with Crippen LogP contribution in [0.3, 0.4) is 0 Å². The number of nitriles is 1. The zero-order chi connectivity index (χ0) is 12.4. The summed E-state index contributed by atoms with van der Waals surface area (Å²) in [6.07, 6.45) is 9.86. The van der Waals surface area contributed by atoms with Gasteiger partial charge in [-0.15, -0.1) is 0 Å². The fraction of sp³-hybridized carbons (Fsp3) is 0.667. The summed E-state index contributed by atoms with van der Waals surface area (Å²) in [5, 5.41) is 8.54. The summed E-state index contributed by atoms with van der Waals surface area (Å²) in [7, 11) is 0. The van der Waals surface area contributed by atoms with Crippen LogP contribution in [0.2, 0.25) is 0 Å². The quantitative estimate of drug-likeness (QED) is 0.552. The SMILES string of the molecule is CC(C)=CCC/C(C)=C/CCC(C)CC#N. The molecule has 1 heteroatoms. The molecule has 0 N–H and O–H groups in total. The molecule has 90 valence electrons. The zero-order valence-corrected chi connectivity index (χ0v) is 11.2. The Morgan fingerprint density at radius 3 is 2.44 bits per heavy atom. The smallest absolute Gasteiger partial charge is 0.0624 e. The van der Waals surface area contributed by atoms with Crippen LogP contribution in [0.25, 0.3) is 0 Å². The maximum atomic E-state index is 8.54. The van der Waals surface area contributed by atoms with Crippen LogP contribution < -0.4 is 0 Å². The third-order valence-electron chi connectivity index (χ3n) is 2.68. The number of hydrogen-bond donors (Lipinski definition) is 0. The molecule has 0 aromatic rings. The van der Waals surface area contributed by atoms with Gasteiger partial charge in [0, 0.05) is 6.42 Å². The zero-order valence-electron chi connectivity index (χ0n) is 11.2. The van der Waals surface area contributed by atoms with Gasteiger partial charge in [0.2, 0.25) is 0 Å². The van der Waals surface area contributed by atoms with E-state index < -0.39 is 0 Å². The predicted octanol–water partition coefficient (Wildman–Crippen LogP) is 5.01. The largest absolute Gasteiger partial charge is 0.198 e. The van der Waals surface area contributed by atoms with Gasteiger partial charge < -0.3 is 0 Å². The lowest BCUT2D eigenvalue weighted by Gasteiger charge is -2.04. The van der Waals surface area contributed by atoms with Crippen LogP contribution in [0.15, 0.2) is 23.3 Å². The predicted molar refractivity (Wildman–Crippen MR) is 71.1 cm³/mol. The van der Waals surface area contributed by atoms with E-state index in [0.29, 0.717) is 12.3 Å². The van der Waals surface area contributed by atoms with Crippen LogP contribution in [0.1, 0.15) is 59.8 Å². The van der Waals surface area contributed by atoms with Crippen molar-refractivity contribution in [2.75, 3.05) is 0 Å². The van der Waals surface area contributed by atoms with E-state index in [9.17, 15) is 0 Å². The molecular formula is C15H25N. The summed E-state index contributed by atoms with van der Waals surface area (Å²) in [5.41, 5.74) is 2.87. The number of rotatable bonds is 7. The van der Waals surface area contributed by atoms with Crippen LogP contribution in [0, 0.1) is 17.2 Å². The van der Waals surface area contributed by atoms with E-state index in [-0.39, 0.29) is 0 Å². The van der Waals surface area contributed by atoms with Gasteiger partial charge in [-0.3, -0.25) is 0 Å². The van der Waals surface area contributed by atoms with E-state index in [0.717, 1.165) is 25.7 Å². The molecule has 0 fully saturated rings. The van der Waals surface area contributed by atoms with Gasteiger partial charge >= 0.3 is 0 Å². The summed E-state index contributed by atoms with van der Waals surface area (Å²) in [5.74, 6) is 0.534. The van der Waals surface area contributed by atoms with Crippen LogP contribution in [-0.2, 0) is 0 Å². The highest BCUT2D eigenvalue weighted by atomic mass is 14.2. The number of hydrogen-bond acceptors (Lipinski definition) is 1. The molecule has 0 aliphatic rings. The molecule has 16 heavy (non-hydrogen) atoms. The van der Waals surface area contributed by atoms with Gasteiger partial charge in [-0.25, -0.2) is 0 Å². The Morgan fingerprint density at radius 2 is 1.88 bits per heavy atom. The number of allylic oxidation sites excluding steroid dienone is 4. The molecule has 0 heterocycles. The lowest BCUT2D eigenvalue weighted by molar-refractivity contribution is 0.550. The lowest BCUT2D eigenvalue weighted by Crippen LogP contribution is -1.91. The Labute approximate surface area is 101 Å².